The molecule has 110 valence electrons. The van der Waals surface area contributed by atoms with Gasteiger partial charge >= 0.3 is 0 Å². The quantitative estimate of drug-likeness (QED) is 0.913. The molecule has 0 radical (unpaired) electrons. The van der Waals surface area contributed by atoms with E-state index in [9.17, 15) is 4.79 Å². The van der Waals surface area contributed by atoms with Crippen molar-refractivity contribution >= 4 is 17.5 Å². The predicted octanol–water partition coefficient (Wildman–Crippen LogP) is 3.77. The molecule has 0 bridgehead atoms. The van der Waals surface area contributed by atoms with Gasteiger partial charge in [-0.15, -0.1) is 0 Å². The maximum Gasteiger partial charge on any atom is 0.224 e. The Bertz CT molecular complexity index is 610. The molecule has 0 spiro atoms. The Balaban J connectivity index is 1.95. The summed E-state index contributed by atoms with van der Waals surface area (Å²) in [5, 5.41) is 3.62. The van der Waals surface area contributed by atoms with E-state index in [0.29, 0.717) is 11.4 Å². The van der Waals surface area contributed by atoms with Crippen molar-refractivity contribution in [3.8, 4) is 5.75 Å². The van der Waals surface area contributed by atoms with Crippen LogP contribution in [0.4, 0.5) is 0 Å². The van der Waals surface area contributed by atoms with Crippen molar-refractivity contribution in [2.75, 3.05) is 7.11 Å². The van der Waals surface area contributed by atoms with Crippen LogP contribution in [0.25, 0.3) is 0 Å². The van der Waals surface area contributed by atoms with Gasteiger partial charge in [0.2, 0.25) is 5.91 Å². The Morgan fingerprint density at radius 1 is 1.24 bits per heavy atom. The van der Waals surface area contributed by atoms with Crippen LogP contribution in [0.1, 0.15) is 24.1 Å². The highest BCUT2D eigenvalue weighted by Gasteiger charge is 2.10. The van der Waals surface area contributed by atoms with E-state index >= 15 is 0 Å². The molecule has 2 aromatic carbocycles. The van der Waals surface area contributed by atoms with Gasteiger partial charge in [-0.2, -0.15) is 0 Å². The minimum atomic E-state index is -0.0532. The molecule has 4 heteroatoms. The number of nitrogens with one attached hydrogen (secondary N) is 1. The van der Waals surface area contributed by atoms with Crippen molar-refractivity contribution in [2.45, 2.75) is 19.4 Å². The molecule has 1 atom stereocenters. The lowest BCUT2D eigenvalue weighted by Gasteiger charge is -2.15. The number of methoxy groups -OCH3 is 1. The Morgan fingerprint density at radius 2 is 1.95 bits per heavy atom. The van der Waals surface area contributed by atoms with Crippen LogP contribution in [0.3, 0.4) is 0 Å². The normalized spacial score (nSPS) is 11.8. The number of hydrogen-bond acceptors (Lipinski definition) is 2. The maximum absolute atomic E-state index is 12.1. The fraction of sp³-hybridized carbons (Fsp3) is 0.235. The fourth-order valence-electron chi connectivity index (χ4n) is 2.10. The lowest BCUT2D eigenvalue weighted by molar-refractivity contribution is -0.121. The van der Waals surface area contributed by atoms with Crippen LogP contribution >= 0.6 is 11.6 Å². The zero-order chi connectivity index (χ0) is 15.2. The first-order chi connectivity index (χ1) is 10.1. The van der Waals surface area contributed by atoms with Gasteiger partial charge < -0.3 is 10.1 Å². The number of hydrogen-bond donors (Lipinski definition) is 1. The van der Waals surface area contributed by atoms with Gasteiger partial charge in [0.1, 0.15) is 5.75 Å². The summed E-state index contributed by atoms with van der Waals surface area (Å²) in [6.45, 7) is 1.96. The molecule has 1 N–H and O–H groups in total. The summed E-state index contributed by atoms with van der Waals surface area (Å²) < 4.78 is 5.12. The number of carbonyl (C=O) groups is 1. The predicted molar refractivity (Wildman–Crippen MR) is 84.7 cm³/mol. The highest BCUT2D eigenvalue weighted by atomic mass is 35.5. The number of amides is 1. The molecule has 0 aliphatic carbocycles. The van der Waals surface area contributed by atoms with Crippen LogP contribution in [0.2, 0.25) is 5.02 Å². The molecule has 0 saturated carbocycles. The SMILES string of the molecule is COc1ccc([C@H](C)NC(=O)Cc2cccc(Cl)c2)cc1. The largest absolute Gasteiger partial charge is 0.497 e. The summed E-state index contributed by atoms with van der Waals surface area (Å²) in [5.41, 5.74) is 1.94. The van der Waals surface area contributed by atoms with Crippen molar-refractivity contribution in [1.29, 1.82) is 0 Å². The molecule has 0 unspecified atom stereocenters. The highest BCUT2D eigenvalue weighted by Crippen LogP contribution is 2.17. The Labute approximate surface area is 129 Å². The molecular weight excluding hydrogens is 286 g/mol. The minimum absolute atomic E-state index is 0.0272. The average molecular weight is 304 g/mol. The molecule has 1 amide bonds. The van der Waals surface area contributed by atoms with Crippen LogP contribution in [-0.2, 0) is 11.2 Å². The van der Waals surface area contributed by atoms with Gasteiger partial charge in [-0.05, 0) is 42.3 Å². The van der Waals surface area contributed by atoms with E-state index in [0.717, 1.165) is 16.9 Å². The van der Waals surface area contributed by atoms with E-state index in [1.54, 1.807) is 19.2 Å². The smallest absolute Gasteiger partial charge is 0.224 e. The summed E-state index contributed by atoms with van der Waals surface area (Å²) in [6, 6.07) is 14.9. The Morgan fingerprint density at radius 3 is 2.57 bits per heavy atom. The summed E-state index contributed by atoms with van der Waals surface area (Å²) in [6.07, 6.45) is 0.320. The highest BCUT2D eigenvalue weighted by molar-refractivity contribution is 6.30. The topological polar surface area (TPSA) is 38.3 Å². The third-order valence-corrected chi connectivity index (χ3v) is 3.48. The number of halogens is 1. The van der Waals surface area contributed by atoms with E-state index in [1.807, 2.05) is 43.3 Å². The first-order valence-electron chi connectivity index (χ1n) is 6.76. The standard InChI is InChI=1S/C17H18ClNO2/c1-12(14-6-8-16(21-2)9-7-14)19-17(20)11-13-4-3-5-15(18)10-13/h3-10,12H,11H2,1-2H3,(H,19,20)/t12-/m0/s1. The van der Waals surface area contributed by atoms with Crippen LogP contribution in [-0.4, -0.2) is 13.0 Å². The Kier molecular flexibility index (Phi) is 5.23. The first-order valence-corrected chi connectivity index (χ1v) is 7.14. The second-order valence-electron chi connectivity index (χ2n) is 4.87. The summed E-state index contributed by atoms with van der Waals surface area (Å²) >= 11 is 5.91. The second-order valence-corrected chi connectivity index (χ2v) is 5.31. The lowest BCUT2D eigenvalue weighted by Crippen LogP contribution is -2.28. The van der Waals surface area contributed by atoms with E-state index in [2.05, 4.69) is 5.32 Å². The molecule has 3 nitrogen and oxygen atoms in total. The summed E-state index contributed by atoms with van der Waals surface area (Å²) in [5.74, 6) is 0.775. The zero-order valence-electron chi connectivity index (χ0n) is 12.1. The molecule has 2 rings (SSSR count). The van der Waals surface area contributed by atoms with Crippen molar-refractivity contribution in [1.82, 2.24) is 5.32 Å². The molecule has 0 fully saturated rings. The van der Waals surface area contributed by atoms with E-state index in [1.165, 1.54) is 0 Å². The monoisotopic (exact) mass is 303 g/mol. The molecule has 0 aromatic heterocycles. The number of benzene rings is 2. The Hall–Kier alpha value is -2.00. The third kappa shape index (κ3) is 4.50. The maximum atomic E-state index is 12.1. The van der Waals surface area contributed by atoms with E-state index in [4.69, 9.17) is 16.3 Å². The molecular formula is C17H18ClNO2. The zero-order valence-corrected chi connectivity index (χ0v) is 12.9. The van der Waals surface area contributed by atoms with Gasteiger partial charge in [-0.25, -0.2) is 0 Å². The molecule has 0 saturated heterocycles. The third-order valence-electron chi connectivity index (χ3n) is 3.25. The van der Waals surface area contributed by atoms with Gasteiger partial charge in [0.25, 0.3) is 0 Å². The van der Waals surface area contributed by atoms with Crippen LogP contribution in [0.5, 0.6) is 5.75 Å². The van der Waals surface area contributed by atoms with Gasteiger partial charge in [-0.1, -0.05) is 35.9 Å². The molecule has 0 aliphatic rings. The van der Waals surface area contributed by atoms with Crippen molar-refractivity contribution in [3.05, 3.63) is 64.7 Å². The summed E-state index contributed by atoms with van der Waals surface area (Å²) in [7, 11) is 1.63. The van der Waals surface area contributed by atoms with E-state index < -0.39 is 0 Å². The van der Waals surface area contributed by atoms with Gasteiger partial charge in [0.15, 0.2) is 0 Å². The summed E-state index contributed by atoms with van der Waals surface area (Å²) in [4.78, 5) is 12.1. The van der Waals surface area contributed by atoms with Crippen LogP contribution < -0.4 is 10.1 Å². The van der Waals surface area contributed by atoms with Gasteiger partial charge in [-0.3, -0.25) is 4.79 Å². The molecule has 2 aromatic rings. The number of ether oxygens (including phenoxy) is 1. The fourth-order valence-corrected chi connectivity index (χ4v) is 2.31. The molecule has 0 heterocycles. The lowest BCUT2D eigenvalue weighted by atomic mass is 10.1. The van der Waals surface area contributed by atoms with Gasteiger partial charge in [0.05, 0.1) is 19.6 Å². The molecule has 0 aliphatic heterocycles. The van der Waals surface area contributed by atoms with E-state index in [-0.39, 0.29) is 11.9 Å². The number of rotatable bonds is 5. The average Bonchev–Trinajstić information content (AvgIpc) is 2.47. The van der Waals surface area contributed by atoms with Crippen LogP contribution in [0.15, 0.2) is 48.5 Å². The molecule has 21 heavy (non-hydrogen) atoms. The first kappa shape index (κ1) is 15.4. The van der Waals surface area contributed by atoms with Gasteiger partial charge in [0, 0.05) is 5.02 Å². The second kappa shape index (κ2) is 7.14. The van der Waals surface area contributed by atoms with Crippen LogP contribution in [0, 0.1) is 0 Å². The number of carbonyl (C=O) groups excluding carboxylic acids is 1. The van der Waals surface area contributed by atoms with Crippen molar-refractivity contribution in [3.63, 3.8) is 0 Å². The van der Waals surface area contributed by atoms with Crippen molar-refractivity contribution < 1.29 is 9.53 Å². The minimum Gasteiger partial charge on any atom is -0.497 e. The van der Waals surface area contributed by atoms with Crippen molar-refractivity contribution in [2.24, 2.45) is 0 Å².